The van der Waals surface area contributed by atoms with Crippen LogP contribution >= 0.6 is 0 Å². The number of benzene rings is 1. The number of guanidine groups is 1. The van der Waals surface area contributed by atoms with Crippen molar-refractivity contribution in [2.75, 3.05) is 50.9 Å². The second-order valence-electron chi connectivity index (χ2n) is 6.88. The maximum Gasteiger partial charge on any atom is 0.191 e. The molecule has 0 amide bonds. The first-order valence-electron chi connectivity index (χ1n) is 9.89. The zero-order valence-electron chi connectivity index (χ0n) is 15.8. The first-order valence-corrected chi connectivity index (χ1v) is 9.89. The van der Waals surface area contributed by atoms with E-state index in [9.17, 15) is 0 Å². The first kappa shape index (κ1) is 19.0. The quantitative estimate of drug-likeness (QED) is 0.422. The molecule has 144 valence electrons. The van der Waals surface area contributed by atoms with E-state index in [0.29, 0.717) is 25.8 Å². The number of para-hydroxylation sites is 1. The molecule has 2 saturated heterocycles. The van der Waals surface area contributed by atoms with E-state index in [2.05, 4.69) is 57.8 Å². The van der Waals surface area contributed by atoms with Crippen LogP contribution < -0.4 is 15.5 Å². The van der Waals surface area contributed by atoms with Crippen molar-refractivity contribution in [2.45, 2.75) is 38.3 Å². The Bertz CT molecular complexity index is 546. The number of hydrogen-bond donors (Lipinski definition) is 2. The van der Waals surface area contributed by atoms with Gasteiger partial charge < -0.3 is 25.0 Å². The van der Waals surface area contributed by atoms with Gasteiger partial charge in [-0.15, -0.1) is 0 Å². The predicted octanol–water partition coefficient (Wildman–Crippen LogP) is 2.02. The third-order valence-electron chi connectivity index (χ3n) is 4.83. The highest BCUT2D eigenvalue weighted by Crippen LogP contribution is 2.19. The van der Waals surface area contributed by atoms with Crippen LogP contribution in [0.3, 0.4) is 0 Å². The minimum absolute atomic E-state index is 0.285. The molecule has 0 saturated carbocycles. The number of nitrogens with zero attached hydrogens (tertiary/aromatic N) is 2. The fourth-order valence-electron chi connectivity index (χ4n) is 3.48. The fraction of sp³-hybridized carbons (Fsp3) is 0.650. The van der Waals surface area contributed by atoms with Crippen LogP contribution in [0.1, 0.15) is 26.2 Å². The van der Waals surface area contributed by atoms with Crippen LogP contribution in [0.15, 0.2) is 35.3 Å². The Kier molecular flexibility index (Phi) is 7.58. The third-order valence-corrected chi connectivity index (χ3v) is 4.83. The van der Waals surface area contributed by atoms with E-state index in [1.165, 1.54) is 5.69 Å². The molecule has 0 aromatic heterocycles. The molecule has 2 unspecified atom stereocenters. The molecule has 26 heavy (non-hydrogen) atoms. The molecule has 0 aliphatic carbocycles. The molecular weight excluding hydrogens is 328 g/mol. The van der Waals surface area contributed by atoms with Crippen LogP contribution in [0.5, 0.6) is 0 Å². The standard InChI is InChI=1S/C20H32N4O2/c1-2-21-20(22-11-14-25-16-19-9-6-13-26-19)23-17-10-12-24(15-17)18-7-4-3-5-8-18/h3-5,7-8,17,19H,2,6,9-16H2,1H3,(H2,21,22,23). The lowest BCUT2D eigenvalue weighted by atomic mass is 10.2. The van der Waals surface area contributed by atoms with E-state index in [0.717, 1.165) is 51.5 Å². The number of hydrogen-bond acceptors (Lipinski definition) is 4. The lowest BCUT2D eigenvalue weighted by molar-refractivity contribution is 0.0200. The zero-order valence-corrected chi connectivity index (χ0v) is 15.8. The molecule has 6 heteroatoms. The molecule has 2 heterocycles. The summed E-state index contributed by atoms with van der Waals surface area (Å²) >= 11 is 0. The van der Waals surface area contributed by atoms with Crippen LogP contribution in [0.4, 0.5) is 5.69 Å². The lowest BCUT2D eigenvalue weighted by Crippen LogP contribution is -2.44. The van der Waals surface area contributed by atoms with E-state index in [4.69, 9.17) is 9.47 Å². The summed E-state index contributed by atoms with van der Waals surface area (Å²) in [4.78, 5) is 7.07. The van der Waals surface area contributed by atoms with Crippen molar-refractivity contribution in [3.05, 3.63) is 30.3 Å². The maximum atomic E-state index is 5.70. The van der Waals surface area contributed by atoms with Gasteiger partial charge in [-0.3, -0.25) is 4.99 Å². The van der Waals surface area contributed by atoms with Gasteiger partial charge in [0.1, 0.15) is 0 Å². The monoisotopic (exact) mass is 360 g/mol. The fourth-order valence-corrected chi connectivity index (χ4v) is 3.48. The van der Waals surface area contributed by atoms with Crippen molar-refractivity contribution < 1.29 is 9.47 Å². The average molecular weight is 361 g/mol. The van der Waals surface area contributed by atoms with Gasteiger partial charge >= 0.3 is 0 Å². The van der Waals surface area contributed by atoms with Crippen LogP contribution in [-0.4, -0.2) is 64.1 Å². The summed E-state index contributed by atoms with van der Waals surface area (Å²) in [6.45, 7) is 7.90. The van der Waals surface area contributed by atoms with E-state index in [-0.39, 0.29) is 6.10 Å². The van der Waals surface area contributed by atoms with E-state index in [1.807, 2.05) is 0 Å². The number of ether oxygens (including phenoxy) is 2. The summed E-state index contributed by atoms with van der Waals surface area (Å²) in [5.41, 5.74) is 1.29. The lowest BCUT2D eigenvalue weighted by Gasteiger charge is -2.20. The third kappa shape index (κ3) is 5.88. The molecule has 0 radical (unpaired) electrons. The Morgan fingerprint density at radius 3 is 2.96 bits per heavy atom. The Labute approximate surface area is 157 Å². The van der Waals surface area contributed by atoms with E-state index in [1.54, 1.807) is 0 Å². The molecule has 2 aliphatic rings. The van der Waals surface area contributed by atoms with Gasteiger partial charge in [0.15, 0.2) is 5.96 Å². The van der Waals surface area contributed by atoms with Gasteiger partial charge in [0.25, 0.3) is 0 Å². The van der Waals surface area contributed by atoms with Crippen LogP contribution in [-0.2, 0) is 9.47 Å². The molecular formula is C20H32N4O2. The second kappa shape index (κ2) is 10.4. The van der Waals surface area contributed by atoms with Crippen LogP contribution in [0.25, 0.3) is 0 Å². The van der Waals surface area contributed by atoms with Gasteiger partial charge in [-0.1, -0.05) is 18.2 Å². The van der Waals surface area contributed by atoms with Crippen molar-refractivity contribution in [3.63, 3.8) is 0 Å². The Morgan fingerprint density at radius 2 is 2.19 bits per heavy atom. The van der Waals surface area contributed by atoms with Gasteiger partial charge in [0.2, 0.25) is 0 Å². The average Bonchev–Trinajstić information content (AvgIpc) is 3.34. The summed E-state index contributed by atoms with van der Waals surface area (Å²) in [7, 11) is 0. The van der Waals surface area contributed by atoms with Crippen molar-refractivity contribution in [1.82, 2.24) is 10.6 Å². The molecule has 1 aromatic carbocycles. The van der Waals surface area contributed by atoms with Crippen molar-refractivity contribution in [1.29, 1.82) is 0 Å². The van der Waals surface area contributed by atoms with E-state index >= 15 is 0 Å². The Morgan fingerprint density at radius 1 is 1.31 bits per heavy atom. The molecule has 0 spiro atoms. The smallest absolute Gasteiger partial charge is 0.191 e. The number of rotatable bonds is 8. The van der Waals surface area contributed by atoms with Gasteiger partial charge in [0.05, 0.1) is 25.9 Å². The Balaban J connectivity index is 1.39. The molecule has 2 aliphatic heterocycles. The predicted molar refractivity (Wildman–Crippen MR) is 106 cm³/mol. The maximum absolute atomic E-state index is 5.70. The summed E-state index contributed by atoms with van der Waals surface area (Å²) < 4.78 is 11.3. The highest BCUT2D eigenvalue weighted by molar-refractivity contribution is 5.80. The first-order chi connectivity index (χ1) is 12.8. The normalized spacial score (nSPS) is 23.4. The zero-order chi connectivity index (χ0) is 18.0. The summed E-state index contributed by atoms with van der Waals surface area (Å²) in [6.07, 6.45) is 3.68. The molecule has 0 bridgehead atoms. The van der Waals surface area contributed by atoms with Crippen LogP contribution in [0.2, 0.25) is 0 Å². The van der Waals surface area contributed by atoms with Crippen LogP contribution in [0, 0.1) is 0 Å². The number of aliphatic imine (C=N–C) groups is 1. The minimum atomic E-state index is 0.285. The highest BCUT2D eigenvalue weighted by atomic mass is 16.5. The van der Waals surface area contributed by atoms with Gasteiger partial charge in [0, 0.05) is 38.0 Å². The molecule has 3 rings (SSSR count). The largest absolute Gasteiger partial charge is 0.377 e. The number of nitrogens with one attached hydrogen (secondary N) is 2. The molecule has 2 N–H and O–H groups in total. The SMILES string of the molecule is CCNC(=NCCOCC1CCCO1)NC1CCN(c2ccccc2)C1. The molecule has 2 atom stereocenters. The second-order valence-corrected chi connectivity index (χ2v) is 6.88. The highest BCUT2D eigenvalue weighted by Gasteiger charge is 2.23. The van der Waals surface area contributed by atoms with Gasteiger partial charge in [-0.05, 0) is 38.3 Å². The van der Waals surface area contributed by atoms with Crippen molar-refractivity contribution in [2.24, 2.45) is 4.99 Å². The van der Waals surface area contributed by atoms with Crippen molar-refractivity contribution >= 4 is 11.6 Å². The summed E-state index contributed by atoms with van der Waals surface area (Å²) in [5.74, 6) is 0.883. The summed E-state index contributed by atoms with van der Waals surface area (Å²) in [5, 5.41) is 6.90. The number of anilines is 1. The minimum Gasteiger partial charge on any atom is -0.377 e. The van der Waals surface area contributed by atoms with Gasteiger partial charge in [-0.2, -0.15) is 0 Å². The topological polar surface area (TPSA) is 58.1 Å². The molecule has 2 fully saturated rings. The molecule has 1 aromatic rings. The summed E-state index contributed by atoms with van der Waals surface area (Å²) in [6, 6.07) is 11.0. The molecule has 6 nitrogen and oxygen atoms in total. The van der Waals surface area contributed by atoms with E-state index < -0.39 is 0 Å². The Hall–Kier alpha value is -1.79. The van der Waals surface area contributed by atoms with Gasteiger partial charge in [-0.25, -0.2) is 0 Å². The van der Waals surface area contributed by atoms with Crippen molar-refractivity contribution in [3.8, 4) is 0 Å².